The lowest BCUT2D eigenvalue weighted by atomic mass is 9.99. The normalized spacial score (nSPS) is 12.0. The number of benzene rings is 1. The van der Waals surface area contributed by atoms with E-state index in [1.165, 1.54) is 24.8 Å². The number of nitrogens with one attached hydrogen (secondary N) is 1. The van der Waals surface area contributed by atoms with Crippen LogP contribution in [0.5, 0.6) is 5.75 Å². The van der Waals surface area contributed by atoms with E-state index in [4.69, 9.17) is 4.74 Å². The minimum atomic E-state index is -0.0338. The average molecular weight is 305 g/mol. The van der Waals surface area contributed by atoms with Crippen LogP contribution in [0.3, 0.4) is 0 Å². The molecule has 0 aromatic heterocycles. The fraction of sp³-hybridized carbons (Fsp3) is 0.632. The van der Waals surface area contributed by atoms with E-state index in [9.17, 15) is 4.79 Å². The smallest absolute Gasteiger partial charge is 0.257 e. The van der Waals surface area contributed by atoms with Crippen molar-refractivity contribution in [3.63, 3.8) is 0 Å². The summed E-state index contributed by atoms with van der Waals surface area (Å²) in [6.45, 7) is 11.4. The van der Waals surface area contributed by atoms with Gasteiger partial charge in [0.05, 0.1) is 0 Å². The highest BCUT2D eigenvalue weighted by molar-refractivity contribution is 5.77. The van der Waals surface area contributed by atoms with Gasteiger partial charge in [-0.15, -0.1) is 0 Å². The van der Waals surface area contributed by atoms with Crippen LogP contribution >= 0.6 is 0 Å². The first-order valence-electron chi connectivity index (χ1n) is 8.45. The number of carbonyl (C=O) groups excluding carboxylic acids is 1. The molecule has 0 fully saturated rings. The Balaban J connectivity index is 2.43. The molecule has 0 aliphatic rings. The molecular weight excluding hydrogens is 274 g/mol. The van der Waals surface area contributed by atoms with Gasteiger partial charge in [-0.1, -0.05) is 39.2 Å². The minimum absolute atomic E-state index is 0.0338. The van der Waals surface area contributed by atoms with Crippen molar-refractivity contribution in [1.29, 1.82) is 0 Å². The summed E-state index contributed by atoms with van der Waals surface area (Å²) in [6.07, 6.45) is 4.73. The predicted octanol–water partition coefficient (Wildman–Crippen LogP) is 4.32. The van der Waals surface area contributed by atoms with E-state index in [2.05, 4.69) is 32.2 Å². The van der Waals surface area contributed by atoms with Crippen molar-refractivity contribution in [2.45, 2.75) is 60.3 Å². The molecule has 0 saturated carbocycles. The van der Waals surface area contributed by atoms with Crippen LogP contribution in [-0.2, 0) is 4.79 Å². The SMILES string of the molecule is CCCC[C@H](CC)CNC(=O)COc1cc(C)cc(C)c1C. The number of ether oxygens (including phenoxy) is 1. The zero-order valence-electron chi connectivity index (χ0n) is 14.8. The molecule has 1 rings (SSSR count). The summed E-state index contributed by atoms with van der Waals surface area (Å²) in [5.41, 5.74) is 3.46. The molecule has 3 nitrogen and oxygen atoms in total. The highest BCUT2D eigenvalue weighted by Gasteiger charge is 2.10. The number of aryl methyl sites for hydroxylation is 2. The fourth-order valence-corrected chi connectivity index (χ4v) is 2.55. The predicted molar refractivity (Wildman–Crippen MR) is 92.5 cm³/mol. The van der Waals surface area contributed by atoms with Gasteiger partial charge in [-0.25, -0.2) is 0 Å². The van der Waals surface area contributed by atoms with Crippen molar-refractivity contribution in [1.82, 2.24) is 5.32 Å². The van der Waals surface area contributed by atoms with E-state index >= 15 is 0 Å². The Labute approximate surface area is 135 Å². The molecular formula is C19H31NO2. The summed E-state index contributed by atoms with van der Waals surface area (Å²) in [7, 11) is 0. The maximum absolute atomic E-state index is 12.0. The summed E-state index contributed by atoms with van der Waals surface area (Å²) in [5.74, 6) is 1.35. The zero-order chi connectivity index (χ0) is 16.5. The van der Waals surface area contributed by atoms with Gasteiger partial charge in [0.2, 0.25) is 0 Å². The molecule has 0 spiro atoms. The van der Waals surface area contributed by atoms with Crippen molar-refractivity contribution in [2.75, 3.05) is 13.2 Å². The van der Waals surface area contributed by atoms with Gasteiger partial charge >= 0.3 is 0 Å². The Hall–Kier alpha value is -1.51. The summed E-state index contributed by atoms with van der Waals surface area (Å²) in [6, 6.07) is 4.12. The van der Waals surface area contributed by atoms with E-state index in [1.54, 1.807) is 0 Å². The van der Waals surface area contributed by atoms with Gasteiger partial charge < -0.3 is 10.1 Å². The lowest BCUT2D eigenvalue weighted by Crippen LogP contribution is -2.33. The number of carbonyl (C=O) groups is 1. The monoisotopic (exact) mass is 305 g/mol. The van der Waals surface area contributed by atoms with E-state index in [0.717, 1.165) is 29.8 Å². The molecule has 0 saturated heterocycles. The molecule has 22 heavy (non-hydrogen) atoms. The Morgan fingerprint density at radius 1 is 1.23 bits per heavy atom. The third kappa shape index (κ3) is 6.08. The second-order valence-corrected chi connectivity index (χ2v) is 6.21. The number of amides is 1. The first-order chi connectivity index (χ1) is 10.5. The van der Waals surface area contributed by atoms with Gasteiger partial charge in [0, 0.05) is 6.54 Å². The van der Waals surface area contributed by atoms with Crippen LogP contribution < -0.4 is 10.1 Å². The second kappa shape index (κ2) is 9.50. The van der Waals surface area contributed by atoms with Gasteiger partial charge in [-0.3, -0.25) is 4.79 Å². The number of hydrogen-bond donors (Lipinski definition) is 1. The largest absolute Gasteiger partial charge is 0.483 e. The Bertz CT molecular complexity index is 483. The van der Waals surface area contributed by atoms with Crippen LogP contribution in [0.4, 0.5) is 0 Å². The Kier molecular flexibility index (Phi) is 8.00. The maximum Gasteiger partial charge on any atom is 0.257 e. The van der Waals surface area contributed by atoms with Crippen LogP contribution in [0.1, 0.15) is 56.2 Å². The maximum atomic E-state index is 12.0. The molecule has 0 aliphatic heterocycles. The fourth-order valence-electron chi connectivity index (χ4n) is 2.55. The zero-order valence-corrected chi connectivity index (χ0v) is 14.8. The van der Waals surface area contributed by atoms with Crippen molar-refractivity contribution < 1.29 is 9.53 Å². The van der Waals surface area contributed by atoms with E-state index in [-0.39, 0.29) is 12.5 Å². The molecule has 0 heterocycles. The van der Waals surface area contributed by atoms with Crippen LogP contribution in [0.15, 0.2) is 12.1 Å². The summed E-state index contributed by atoms with van der Waals surface area (Å²) in [4.78, 5) is 12.0. The van der Waals surface area contributed by atoms with Gasteiger partial charge in [0.15, 0.2) is 6.61 Å². The highest BCUT2D eigenvalue weighted by atomic mass is 16.5. The van der Waals surface area contributed by atoms with Crippen molar-refractivity contribution in [2.24, 2.45) is 5.92 Å². The third-order valence-corrected chi connectivity index (χ3v) is 4.25. The van der Waals surface area contributed by atoms with E-state index < -0.39 is 0 Å². The molecule has 1 aromatic rings. The molecule has 1 N–H and O–H groups in total. The summed E-state index contributed by atoms with van der Waals surface area (Å²) >= 11 is 0. The molecule has 124 valence electrons. The van der Waals surface area contributed by atoms with Gasteiger partial charge in [0.25, 0.3) is 5.91 Å². The van der Waals surface area contributed by atoms with Gasteiger partial charge in [-0.2, -0.15) is 0 Å². The lowest BCUT2D eigenvalue weighted by Gasteiger charge is -2.16. The number of unbranched alkanes of at least 4 members (excludes halogenated alkanes) is 1. The topological polar surface area (TPSA) is 38.3 Å². The standard InChI is InChI=1S/C19H31NO2/c1-6-8-9-17(7-2)12-20-19(21)13-22-18-11-14(3)10-15(4)16(18)5/h10-11,17H,6-9,12-13H2,1-5H3,(H,20,21)/t17-/m0/s1. The third-order valence-electron chi connectivity index (χ3n) is 4.25. The average Bonchev–Trinajstić information content (AvgIpc) is 2.49. The summed E-state index contributed by atoms with van der Waals surface area (Å²) in [5, 5.41) is 3.00. The second-order valence-electron chi connectivity index (χ2n) is 6.21. The lowest BCUT2D eigenvalue weighted by molar-refractivity contribution is -0.123. The molecule has 1 atom stereocenters. The van der Waals surface area contributed by atoms with E-state index in [1.807, 2.05) is 19.9 Å². The quantitative estimate of drug-likeness (QED) is 0.737. The van der Waals surface area contributed by atoms with Gasteiger partial charge in [-0.05, 0) is 55.9 Å². The number of rotatable bonds is 9. The van der Waals surface area contributed by atoms with Crippen LogP contribution in [0.2, 0.25) is 0 Å². The first-order valence-corrected chi connectivity index (χ1v) is 8.45. The molecule has 3 heteroatoms. The van der Waals surface area contributed by atoms with Gasteiger partial charge in [0.1, 0.15) is 5.75 Å². The molecule has 1 amide bonds. The van der Waals surface area contributed by atoms with Crippen LogP contribution in [0.25, 0.3) is 0 Å². The molecule has 0 aliphatic carbocycles. The highest BCUT2D eigenvalue weighted by Crippen LogP contribution is 2.23. The molecule has 1 aromatic carbocycles. The van der Waals surface area contributed by atoms with Crippen molar-refractivity contribution in [3.8, 4) is 5.75 Å². The molecule has 0 radical (unpaired) electrons. The summed E-state index contributed by atoms with van der Waals surface area (Å²) < 4.78 is 5.70. The Morgan fingerprint density at radius 3 is 2.59 bits per heavy atom. The van der Waals surface area contributed by atoms with Crippen LogP contribution in [-0.4, -0.2) is 19.1 Å². The van der Waals surface area contributed by atoms with Crippen molar-refractivity contribution >= 4 is 5.91 Å². The minimum Gasteiger partial charge on any atom is -0.483 e. The van der Waals surface area contributed by atoms with E-state index in [0.29, 0.717) is 5.92 Å². The van der Waals surface area contributed by atoms with Crippen LogP contribution in [0, 0.1) is 26.7 Å². The Morgan fingerprint density at radius 2 is 1.95 bits per heavy atom. The van der Waals surface area contributed by atoms with Crippen molar-refractivity contribution in [3.05, 3.63) is 28.8 Å². The number of hydrogen-bond acceptors (Lipinski definition) is 2. The molecule has 0 bridgehead atoms. The first kappa shape index (κ1) is 18.5. The molecule has 0 unspecified atom stereocenters.